The van der Waals surface area contributed by atoms with E-state index in [0.29, 0.717) is 12.1 Å². The maximum atomic E-state index is 13.6. The summed E-state index contributed by atoms with van der Waals surface area (Å²) in [6, 6.07) is 3.10. The molecular weight excluding hydrogens is 499 g/mol. The summed E-state index contributed by atoms with van der Waals surface area (Å²) >= 11 is 7.01. The summed E-state index contributed by atoms with van der Waals surface area (Å²) in [5.74, 6) is -5.85. The molecular formula is C21H21ClF3N3O5S. The molecule has 0 saturated heterocycles. The van der Waals surface area contributed by atoms with Crippen LogP contribution in [0.25, 0.3) is 0 Å². The lowest BCUT2D eigenvalue weighted by Gasteiger charge is -2.30. The van der Waals surface area contributed by atoms with Crippen molar-refractivity contribution >= 4 is 51.6 Å². The van der Waals surface area contributed by atoms with Crippen molar-refractivity contribution in [3.05, 3.63) is 47.0 Å². The summed E-state index contributed by atoms with van der Waals surface area (Å²) in [6.07, 6.45) is -3.48. The number of hydrogen-bond donors (Lipinski definition) is 2. The molecule has 2 atom stereocenters. The average Bonchev–Trinajstić information content (AvgIpc) is 3.28. The fourth-order valence-electron chi connectivity index (χ4n) is 2.78. The largest absolute Gasteiger partial charge is 0.463 e. The highest BCUT2D eigenvalue weighted by molar-refractivity contribution is 7.13. The van der Waals surface area contributed by atoms with Gasteiger partial charge in [0.05, 0.1) is 12.2 Å². The molecule has 2 aromatic rings. The van der Waals surface area contributed by atoms with E-state index in [1.54, 1.807) is 13.8 Å². The average molecular weight is 520 g/mol. The van der Waals surface area contributed by atoms with E-state index in [2.05, 4.69) is 15.6 Å². The van der Waals surface area contributed by atoms with E-state index in [-0.39, 0.29) is 11.7 Å². The number of nitrogens with one attached hydrogen (secondary N) is 2. The second-order valence-electron chi connectivity index (χ2n) is 7.30. The number of amides is 2. The fraction of sp³-hybridized carbons (Fsp3) is 0.381. The van der Waals surface area contributed by atoms with E-state index < -0.39 is 57.7 Å². The second-order valence-corrected chi connectivity index (χ2v) is 8.67. The predicted molar refractivity (Wildman–Crippen MR) is 119 cm³/mol. The van der Waals surface area contributed by atoms with Crippen LogP contribution in [-0.2, 0) is 25.3 Å². The zero-order chi connectivity index (χ0) is 25.7. The number of thiazole rings is 1. The van der Waals surface area contributed by atoms with Crippen LogP contribution in [0.2, 0.25) is 0 Å². The van der Waals surface area contributed by atoms with Crippen molar-refractivity contribution in [1.82, 2.24) is 10.3 Å². The van der Waals surface area contributed by atoms with Crippen LogP contribution >= 0.6 is 22.9 Å². The van der Waals surface area contributed by atoms with Crippen molar-refractivity contribution < 1.29 is 37.1 Å². The van der Waals surface area contributed by atoms with Gasteiger partial charge in [0.1, 0.15) is 5.38 Å². The van der Waals surface area contributed by atoms with E-state index in [9.17, 15) is 32.3 Å². The molecule has 8 nitrogen and oxygen atoms in total. The Morgan fingerprint density at radius 1 is 1.21 bits per heavy atom. The van der Waals surface area contributed by atoms with Crippen LogP contribution in [0.5, 0.6) is 0 Å². The molecule has 1 aromatic carbocycles. The Morgan fingerprint density at radius 3 is 2.41 bits per heavy atom. The van der Waals surface area contributed by atoms with Crippen LogP contribution in [0.3, 0.4) is 0 Å². The van der Waals surface area contributed by atoms with E-state index in [4.69, 9.17) is 16.3 Å². The standard InChI is InChI=1S/C21H21ClF3N3O5S/c1-4-33-18(32)20(28-16(30)14(22)11(2)3,17(31)27-19-26-8-9-34-19)15(29)12-6-5-7-13(10-12)21(23,24)25/h5-11,14H,4H2,1-3H3,(H,28,30)(H,26,27,31). The first-order valence-corrected chi connectivity index (χ1v) is 11.2. The molecule has 2 amide bonds. The van der Waals surface area contributed by atoms with Gasteiger partial charge in [-0.3, -0.25) is 19.7 Å². The van der Waals surface area contributed by atoms with Gasteiger partial charge in [-0.25, -0.2) is 9.78 Å². The second kappa shape index (κ2) is 11.0. The Labute approximate surface area is 201 Å². The highest BCUT2D eigenvalue weighted by Gasteiger charge is 2.57. The monoisotopic (exact) mass is 519 g/mol. The molecule has 2 unspecified atom stereocenters. The highest BCUT2D eigenvalue weighted by atomic mass is 35.5. The highest BCUT2D eigenvalue weighted by Crippen LogP contribution is 2.31. The lowest BCUT2D eigenvalue weighted by atomic mass is 9.86. The molecule has 0 spiro atoms. The van der Waals surface area contributed by atoms with Crippen molar-refractivity contribution in [2.24, 2.45) is 5.92 Å². The number of carbonyl (C=O) groups is 4. The van der Waals surface area contributed by atoms with Crippen molar-refractivity contribution in [1.29, 1.82) is 0 Å². The minimum atomic E-state index is -4.81. The lowest BCUT2D eigenvalue weighted by molar-refractivity contribution is -0.154. The lowest BCUT2D eigenvalue weighted by Crippen LogP contribution is -2.68. The number of esters is 1. The van der Waals surface area contributed by atoms with Gasteiger partial charge in [0.2, 0.25) is 11.7 Å². The smallest absolute Gasteiger partial charge is 0.416 e. The van der Waals surface area contributed by atoms with Crippen molar-refractivity contribution in [3.63, 3.8) is 0 Å². The number of alkyl halides is 4. The van der Waals surface area contributed by atoms with Gasteiger partial charge >= 0.3 is 12.1 Å². The Kier molecular flexibility index (Phi) is 8.78. The van der Waals surface area contributed by atoms with Crippen LogP contribution in [-0.4, -0.2) is 46.1 Å². The van der Waals surface area contributed by atoms with Gasteiger partial charge in [-0.1, -0.05) is 26.0 Å². The van der Waals surface area contributed by atoms with Gasteiger partial charge in [0.25, 0.3) is 11.4 Å². The number of anilines is 1. The topological polar surface area (TPSA) is 114 Å². The summed E-state index contributed by atoms with van der Waals surface area (Å²) in [5.41, 5.74) is -4.93. The molecule has 34 heavy (non-hydrogen) atoms. The van der Waals surface area contributed by atoms with Crippen LogP contribution in [0.4, 0.5) is 18.3 Å². The number of rotatable bonds is 9. The molecule has 1 heterocycles. The SMILES string of the molecule is CCOC(=O)C(NC(=O)C(Cl)C(C)C)(C(=O)Nc1nccs1)C(=O)c1cccc(C(F)(F)F)c1. The number of ketones is 1. The van der Waals surface area contributed by atoms with Gasteiger partial charge in [0, 0.05) is 17.1 Å². The summed E-state index contributed by atoms with van der Waals surface area (Å²) in [5, 5.41) is 4.47. The maximum Gasteiger partial charge on any atom is 0.416 e. The number of nitrogens with zero attached hydrogens (tertiary/aromatic N) is 1. The van der Waals surface area contributed by atoms with Gasteiger partial charge in [-0.2, -0.15) is 13.2 Å². The molecule has 1 aromatic heterocycles. The Morgan fingerprint density at radius 2 is 1.88 bits per heavy atom. The zero-order valence-corrected chi connectivity index (χ0v) is 19.8. The predicted octanol–water partition coefficient (Wildman–Crippen LogP) is 3.66. The quantitative estimate of drug-likeness (QED) is 0.226. The number of carbonyl (C=O) groups excluding carboxylic acids is 4. The zero-order valence-electron chi connectivity index (χ0n) is 18.2. The summed E-state index contributed by atoms with van der Waals surface area (Å²) in [7, 11) is 0. The van der Waals surface area contributed by atoms with Crippen LogP contribution in [0.15, 0.2) is 35.8 Å². The number of halogens is 4. The van der Waals surface area contributed by atoms with Crippen LogP contribution < -0.4 is 10.6 Å². The van der Waals surface area contributed by atoms with E-state index in [1.165, 1.54) is 18.5 Å². The van der Waals surface area contributed by atoms with E-state index in [0.717, 1.165) is 23.5 Å². The third-order valence-corrected chi connectivity index (χ3v) is 5.90. The third kappa shape index (κ3) is 5.92. The normalized spacial score (nSPS) is 14.1. The molecule has 2 rings (SSSR count). The van der Waals surface area contributed by atoms with Gasteiger partial charge in [-0.05, 0) is 25.0 Å². The molecule has 0 saturated carbocycles. The Hall–Kier alpha value is -2.99. The molecule has 0 radical (unpaired) electrons. The molecule has 0 fully saturated rings. The van der Waals surface area contributed by atoms with Crippen molar-refractivity contribution in [3.8, 4) is 0 Å². The van der Waals surface area contributed by atoms with Crippen LogP contribution in [0.1, 0.15) is 36.7 Å². The summed E-state index contributed by atoms with van der Waals surface area (Å²) in [4.78, 5) is 56.6. The maximum absolute atomic E-state index is 13.6. The van der Waals surface area contributed by atoms with E-state index >= 15 is 0 Å². The Bertz CT molecular complexity index is 1060. The van der Waals surface area contributed by atoms with Crippen molar-refractivity contribution in [2.45, 2.75) is 37.9 Å². The van der Waals surface area contributed by atoms with Gasteiger partial charge in [-0.15, -0.1) is 22.9 Å². The molecule has 0 aliphatic carbocycles. The number of ether oxygens (including phenoxy) is 1. The molecule has 0 bridgehead atoms. The Balaban J connectivity index is 2.69. The molecule has 0 aliphatic rings. The third-order valence-electron chi connectivity index (χ3n) is 4.51. The summed E-state index contributed by atoms with van der Waals surface area (Å²) in [6.45, 7) is 4.24. The number of aromatic nitrogens is 1. The first-order chi connectivity index (χ1) is 15.8. The minimum Gasteiger partial charge on any atom is -0.463 e. The molecule has 2 N–H and O–H groups in total. The molecule has 13 heteroatoms. The number of hydrogen-bond acceptors (Lipinski definition) is 7. The van der Waals surface area contributed by atoms with Gasteiger partial charge in [0.15, 0.2) is 5.13 Å². The van der Waals surface area contributed by atoms with Gasteiger partial charge < -0.3 is 10.1 Å². The molecule has 0 aliphatic heterocycles. The minimum absolute atomic E-state index is 0.0314. The van der Waals surface area contributed by atoms with Crippen molar-refractivity contribution in [2.75, 3.05) is 11.9 Å². The fourth-order valence-corrected chi connectivity index (χ4v) is 3.36. The van der Waals surface area contributed by atoms with E-state index in [1.807, 2.05) is 0 Å². The molecule has 184 valence electrons. The number of benzene rings is 1. The summed E-state index contributed by atoms with van der Waals surface area (Å²) < 4.78 is 44.7. The van der Waals surface area contributed by atoms with Crippen LogP contribution in [0, 0.1) is 5.92 Å². The number of Topliss-reactive ketones (excluding diaryl/α,β-unsaturated/α-hetero) is 1. The first kappa shape index (κ1) is 27.3. The first-order valence-electron chi connectivity index (χ1n) is 9.90.